The standard InChI is InChI=1S/C15H21NO4/c1-3-4-9-20-15(19)14(16-11(2)17)10-12-5-7-13(18)8-6-12/h5-8,14,18H,3-4,9-10H2,1-2H3,(H,16,17). The number of unbranched alkanes of at least 4 members (excludes halogenated alkanes) is 1. The number of carbonyl (C=O) groups is 2. The van der Waals surface area contributed by atoms with Crippen molar-refractivity contribution in [1.29, 1.82) is 0 Å². The molecule has 1 unspecified atom stereocenters. The first kappa shape index (κ1) is 16.0. The van der Waals surface area contributed by atoms with Gasteiger partial charge >= 0.3 is 5.97 Å². The van der Waals surface area contributed by atoms with Crippen LogP contribution in [0.3, 0.4) is 0 Å². The molecule has 1 atom stereocenters. The van der Waals surface area contributed by atoms with E-state index < -0.39 is 12.0 Å². The van der Waals surface area contributed by atoms with Gasteiger partial charge in [-0.1, -0.05) is 25.5 Å². The fraction of sp³-hybridized carbons (Fsp3) is 0.467. The number of amides is 1. The van der Waals surface area contributed by atoms with Crippen molar-refractivity contribution in [3.63, 3.8) is 0 Å². The number of phenolic OH excluding ortho intramolecular Hbond substituents is 1. The van der Waals surface area contributed by atoms with E-state index in [0.717, 1.165) is 18.4 Å². The third-order valence-corrected chi connectivity index (χ3v) is 2.78. The zero-order chi connectivity index (χ0) is 15.0. The maximum absolute atomic E-state index is 11.9. The van der Waals surface area contributed by atoms with Crippen molar-refractivity contribution >= 4 is 11.9 Å². The molecule has 1 rings (SSSR count). The Balaban J connectivity index is 2.65. The molecule has 0 aliphatic rings. The zero-order valence-corrected chi connectivity index (χ0v) is 11.9. The number of hydrogen-bond donors (Lipinski definition) is 2. The highest BCUT2D eigenvalue weighted by Gasteiger charge is 2.21. The second-order valence-corrected chi connectivity index (χ2v) is 4.64. The van der Waals surface area contributed by atoms with Crippen LogP contribution in [-0.2, 0) is 20.7 Å². The minimum Gasteiger partial charge on any atom is -0.508 e. The van der Waals surface area contributed by atoms with Crippen LogP contribution >= 0.6 is 0 Å². The molecular weight excluding hydrogens is 258 g/mol. The highest BCUT2D eigenvalue weighted by Crippen LogP contribution is 2.12. The van der Waals surface area contributed by atoms with E-state index >= 15 is 0 Å². The fourth-order valence-electron chi connectivity index (χ4n) is 1.72. The average Bonchev–Trinajstić information content (AvgIpc) is 2.40. The lowest BCUT2D eigenvalue weighted by molar-refractivity contribution is -0.147. The molecule has 0 heterocycles. The molecule has 0 fully saturated rings. The van der Waals surface area contributed by atoms with Gasteiger partial charge in [-0.15, -0.1) is 0 Å². The number of carbonyl (C=O) groups excluding carboxylic acids is 2. The van der Waals surface area contributed by atoms with Crippen LogP contribution in [0.4, 0.5) is 0 Å². The first-order valence-corrected chi connectivity index (χ1v) is 6.74. The molecule has 1 amide bonds. The lowest BCUT2D eigenvalue weighted by Gasteiger charge is -2.17. The zero-order valence-electron chi connectivity index (χ0n) is 11.9. The lowest BCUT2D eigenvalue weighted by Crippen LogP contribution is -2.42. The van der Waals surface area contributed by atoms with Gasteiger partial charge < -0.3 is 15.2 Å². The van der Waals surface area contributed by atoms with Crippen molar-refractivity contribution < 1.29 is 19.4 Å². The lowest BCUT2D eigenvalue weighted by atomic mass is 10.1. The molecule has 0 aliphatic carbocycles. The molecule has 5 heteroatoms. The van der Waals surface area contributed by atoms with Crippen LogP contribution in [-0.4, -0.2) is 29.6 Å². The Morgan fingerprint density at radius 1 is 1.30 bits per heavy atom. The number of rotatable bonds is 7. The summed E-state index contributed by atoms with van der Waals surface area (Å²) in [6, 6.07) is 5.81. The Labute approximate surface area is 118 Å². The number of hydrogen-bond acceptors (Lipinski definition) is 4. The van der Waals surface area contributed by atoms with E-state index in [-0.39, 0.29) is 11.7 Å². The summed E-state index contributed by atoms with van der Waals surface area (Å²) in [4.78, 5) is 23.1. The summed E-state index contributed by atoms with van der Waals surface area (Å²) in [6.45, 7) is 3.74. The SMILES string of the molecule is CCCCOC(=O)C(Cc1ccc(O)cc1)NC(C)=O. The van der Waals surface area contributed by atoms with Crippen LogP contribution in [0.5, 0.6) is 5.75 Å². The highest BCUT2D eigenvalue weighted by molar-refractivity contribution is 5.83. The van der Waals surface area contributed by atoms with Gasteiger partial charge in [0.05, 0.1) is 6.61 Å². The average molecular weight is 279 g/mol. The molecule has 0 bridgehead atoms. The third kappa shape index (κ3) is 5.73. The topological polar surface area (TPSA) is 75.6 Å². The number of phenols is 1. The van der Waals surface area contributed by atoms with Gasteiger partial charge in [0, 0.05) is 13.3 Å². The van der Waals surface area contributed by atoms with Crippen molar-refractivity contribution in [2.24, 2.45) is 0 Å². The molecule has 1 aromatic carbocycles. The summed E-state index contributed by atoms with van der Waals surface area (Å²) in [5, 5.41) is 11.8. The molecule has 2 N–H and O–H groups in total. The number of ether oxygens (including phenoxy) is 1. The number of benzene rings is 1. The Kier molecular flexibility index (Phi) is 6.56. The van der Waals surface area contributed by atoms with Crippen molar-refractivity contribution in [2.75, 3.05) is 6.61 Å². The Hall–Kier alpha value is -2.04. The van der Waals surface area contributed by atoms with Crippen molar-refractivity contribution in [2.45, 2.75) is 39.2 Å². The van der Waals surface area contributed by atoms with Crippen LogP contribution in [0.15, 0.2) is 24.3 Å². The number of nitrogens with one attached hydrogen (secondary N) is 1. The van der Waals surface area contributed by atoms with Crippen molar-refractivity contribution in [3.8, 4) is 5.75 Å². The van der Waals surface area contributed by atoms with Gasteiger partial charge in [0.1, 0.15) is 11.8 Å². The Bertz CT molecular complexity index is 442. The Morgan fingerprint density at radius 2 is 1.95 bits per heavy atom. The van der Waals surface area contributed by atoms with E-state index in [0.29, 0.717) is 13.0 Å². The van der Waals surface area contributed by atoms with Gasteiger partial charge in [0.25, 0.3) is 0 Å². The second-order valence-electron chi connectivity index (χ2n) is 4.64. The molecule has 20 heavy (non-hydrogen) atoms. The van der Waals surface area contributed by atoms with Gasteiger partial charge in [-0.3, -0.25) is 4.79 Å². The fourth-order valence-corrected chi connectivity index (χ4v) is 1.72. The molecule has 0 saturated carbocycles. The van der Waals surface area contributed by atoms with Crippen LogP contribution in [0.1, 0.15) is 32.3 Å². The van der Waals surface area contributed by atoms with Gasteiger partial charge in [-0.25, -0.2) is 4.79 Å². The summed E-state index contributed by atoms with van der Waals surface area (Å²) >= 11 is 0. The van der Waals surface area contributed by atoms with Crippen molar-refractivity contribution in [1.82, 2.24) is 5.32 Å². The van der Waals surface area contributed by atoms with Crippen LogP contribution in [0, 0.1) is 0 Å². The van der Waals surface area contributed by atoms with Crippen LogP contribution in [0.25, 0.3) is 0 Å². The summed E-state index contributed by atoms with van der Waals surface area (Å²) in [5.41, 5.74) is 0.842. The quantitative estimate of drug-likeness (QED) is 0.589. The highest BCUT2D eigenvalue weighted by atomic mass is 16.5. The van der Waals surface area contributed by atoms with Crippen LogP contribution < -0.4 is 5.32 Å². The molecule has 110 valence electrons. The maximum Gasteiger partial charge on any atom is 0.328 e. The summed E-state index contributed by atoms with van der Waals surface area (Å²) in [5.74, 6) is -0.543. The van der Waals surface area contributed by atoms with Gasteiger partial charge in [-0.05, 0) is 24.1 Å². The van der Waals surface area contributed by atoms with E-state index in [9.17, 15) is 14.7 Å². The van der Waals surface area contributed by atoms with E-state index in [1.165, 1.54) is 6.92 Å². The first-order chi connectivity index (χ1) is 9.52. The van der Waals surface area contributed by atoms with E-state index in [4.69, 9.17) is 4.74 Å². The number of aromatic hydroxyl groups is 1. The van der Waals surface area contributed by atoms with Crippen molar-refractivity contribution in [3.05, 3.63) is 29.8 Å². The van der Waals surface area contributed by atoms with E-state index in [1.54, 1.807) is 24.3 Å². The predicted octanol–water partition coefficient (Wildman–Crippen LogP) is 1.78. The van der Waals surface area contributed by atoms with E-state index in [2.05, 4.69) is 5.32 Å². The second kappa shape index (κ2) is 8.19. The number of esters is 1. The summed E-state index contributed by atoms with van der Waals surface area (Å²) < 4.78 is 5.14. The van der Waals surface area contributed by atoms with Crippen LogP contribution in [0.2, 0.25) is 0 Å². The Morgan fingerprint density at radius 3 is 2.50 bits per heavy atom. The molecule has 0 aliphatic heterocycles. The molecule has 1 aromatic rings. The molecule has 0 aromatic heterocycles. The normalized spacial score (nSPS) is 11.7. The predicted molar refractivity (Wildman–Crippen MR) is 75.3 cm³/mol. The molecule has 0 spiro atoms. The largest absolute Gasteiger partial charge is 0.508 e. The molecule has 5 nitrogen and oxygen atoms in total. The molecule has 0 radical (unpaired) electrons. The monoisotopic (exact) mass is 279 g/mol. The van der Waals surface area contributed by atoms with Gasteiger partial charge in [-0.2, -0.15) is 0 Å². The summed E-state index contributed by atoms with van der Waals surface area (Å²) in [7, 11) is 0. The van der Waals surface area contributed by atoms with E-state index in [1.807, 2.05) is 6.92 Å². The van der Waals surface area contributed by atoms with Gasteiger partial charge in [0.2, 0.25) is 5.91 Å². The third-order valence-electron chi connectivity index (χ3n) is 2.78. The minimum absolute atomic E-state index is 0.162. The molecule has 0 saturated heterocycles. The summed E-state index contributed by atoms with van der Waals surface area (Å²) in [6.07, 6.45) is 2.08. The van der Waals surface area contributed by atoms with Gasteiger partial charge in [0.15, 0.2) is 0 Å². The first-order valence-electron chi connectivity index (χ1n) is 6.74. The minimum atomic E-state index is -0.700. The maximum atomic E-state index is 11.9. The molecular formula is C15H21NO4. The smallest absolute Gasteiger partial charge is 0.328 e.